The molecule has 4 rings (SSSR count). The average Bonchev–Trinajstić information content (AvgIpc) is 3.26. The van der Waals surface area contributed by atoms with Crippen LogP contribution in [-0.4, -0.2) is 41.6 Å². The van der Waals surface area contributed by atoms with Crippen LogP contribution in [0.25, 0.3) is 11.7 Å². The smallest absolute Gasteiger partial charge is 0.252 e. The average molecular weight is 352 g/mol. The van der Waals surface area contributed by atoms with E-state index in [-0.39, 0.29) is 0 Å². The number of carbonyl (C=O) groups is 1. The van der Waals surface area contributed by atoms with Gasteiger partial charge in [-0.15, -0.1) is 0 Å². The van der Waals surface area contributed by atoms with Crippen molar-refractivity contribution in [2.75, 3.05) is 31.2 Å². The van der Waals surface area contributed by atoms with Crippen molar-refractivity contribution in [3.8, 4) is 0 Å². The van der Waals surface area contributed by atoms with Crippen molar-refractivity contribution in [3.05, 3.63) is 46.8 Å². The number of hydrogen-bond donors (Lipinski definition) is 1. The standard InChI is InChI=1S/C20H24N4O2/c1-2-3-4-6-14-13-24-19(22-14)17(18(21)25)15-7-5-8-16(15)20(24)23-9-11-26-12-10-23/h2-4,6,13H,5,7-12H2,1H3,(H2,21,25)/b3-2-,6-4-. The fraction of sp³-hybridized carbons (Fsp3) is 0.400. The predicted molar refractivity (Wildman–Crippen MR) is 103 cm³/mol. The molecule has 6 heteroatoms. The van der Waals surface area contributed by atoms with E-state index in [1.807, 2.05) is 37.4 Å². The van der Waals surface area contributed by atoms with Crippen molar-refractivity contribution < 1.29 is 9.53 Å². The molecule has 0 aromatic carbocycles. The second-order valence-corrected chi connectivity index (χ2v) is 6.72. The third-order valence-electron chi connectivity index (χ3n) is 5.09. The number of ether oxygens (including phenoxy) is 1. The van der Waals surface area contributed by atoms with Crippen molar-refractivity contribution in [1.82, 2.24) is 9.38 Å². The fourth-order valence-corrected chi connectivity index (χ4v) is 4.01. The minimum atomic E-state index is -0.392. The molecule has 2 N–H and O–H groups in total. The number of hydrogen-bond acceptors (Lipinski definition) is 4. The molecular formula is C20H24N4O2. The highest BCUT2D eigenvalue weighted by atomic mass is 16.5. The first-order chi connectivity index (χ1) is 12.7. The first-order valence-electron chi connectivity index (χ1n) is 9.19. The second kappa shape index (κ2) is 6.96. The molecule has 1 aliphatic heterocycles. The van der Waals surface area contributed by atoms with Crippen LogP contribution >= 0.6 is 0 Å². The van der Waals surface area contributed by atoms with E-state index in [0.29, 0.717) is 11.2 Å². The predicted octanol–water partition coefficient (Wildman–Crippen LogP) is 2.35. The summed E-state index contributed by atoms with van der Waals surface area (Å²) in [4.78, 5) is 19.3. The molecule has 2 aromatic rings. The Morgan fingerprint density at radius 1 is 1.23 bits per heavy atom. The second-order valence-electron chi connectivity index (χ2n) is 6.72. The largest absolute Gasteiger partial charge is 0.378 e. The lowest BCUT2D eigenvalue weighted by molar-refractivity contribution is 0.100. The Hall–Kier alpha value is -2.60. The zero-order valence-corrected chi connectivity index (χ0v) is 15.1. The molecule has 1 amide bonds. The number of carbonyl (C=O) groups excluding carboxylic acids is 1. The third kappa shape index (κ3) is 2.80. The molecule has 0 radical (unpaired) electrons. The van der Waals surface area contributed by atoms with E-state index in [9.17, 15) is 4.79 Å². The van der Waals surface area contributed by atoms with Crippen LogP contribution < -0.4 is 10.6 Å². The lowest BCUT2D eigenvalue weighted by Crippen LogP contribution is -2.38. The van der Waals surface area contributed by atoms with Gasteiger partial charge >= 0.3 is 0 Å². The van der Waals surface area contributed by atoms with Gasteiger partial charge in [-0.25, -0.2) is 4.98 Å². The van der Waals surface area contributed by atoms with E-state index in [1.54, 1.807) is 0 Å². The van der Waals surface area contributed by atoms with Crippen LogP contribution in [0.5, 0.6) is 0 Å². The van der Waals surface area contributed by atoms with E-state index >= 15 is 0 Å². The molecule has 2 aliphatic rings. The number of pyridine rings is 1. The maximum absolute atomic E-state index is 12.2. The number of nitrogens with zero attached hydrogens (tertiary/aromatic N) is 3. The molecule has 0 saturated carbocycles. The van der Waals surface area contributed by atoms with Gasteiger partial charge in [-0.2, -0.15) is 0 Å². The number of fused-ring (bicyclic) bond motifs is 2. The maximum atomic E-state index is 12.2. The minimum Gasteiger partial charge on any atom is -0.378 e. The molecule has 1 saturated heterocycles. The molecule has 0 bridgehead atoms. The summed E-state index contributed by atoms with van der Waals surface area (Å²) in [7, 11) is 0. The van der Waals surface area contributed by atoms with E-state index in [2.05, 4.69) is 9.30 Å². The van der Waals surface area contributed by atoms with E-state index < -0.39 is 5.91 Å². The van der Waals surface area contributed by atoms with Gasteiger partial charge in [0.1, 0.15) is 5.82 Å². The van der Waals surface area contributed by atoms with Crippen LogP contribution in [0.1, 0.15) is 40.5 Å². The molecular weight excluding hydrogens is 328 g/mol. The Morgan fingerprint density at radius 3 is 2.73 bits per heavy atom. The van der Waals surface area contributed by atoms with Crippen LogP contribution in [0.15, 0.2) is 24.4 Å². The number of morpholine rings is 1. The topological polar surface area (TPSA) is 72.9 Å². The third-order valence-corrected chi connectivity index (χ3v) is 5.09. The summed E-state index contributed by atoms with van der Waals surface area (Å²) in [5.41, 5.74) is 10.2. The molecule has 0 unspecified atom stereocenters. The van der Waals surface area contributed by atoms with Gasteiger partial charge in [0.15, 0.2) is 5.65 Å². The molecule has 26 heavy (non-hydrogen) atoms. The van der Waals surface area contributed by atoms with Gasteiger partial charge in [-0.1, -0.05) is 18.2 Å². The Bertz CT molecular complexity index is 904. The van der Waals surface area contributed by atoms with Gasteiger partial charge in [0.25, 0.3) is 5.91 Å². The summed E-state index contributed by atoms with van der Waals surface area (Å²) < 4.78 is 7.59. The van der Waals surface area contributed by atoms with Gasteiger partial charge in [-0.05, 0) is 43.4 Å². The Balaban J connectivity index is 1.96. The summed E-state index contributed by atoms with van der Waals surface area (Å²) in [5, 5.41) is 0. The summed E-state index contributed by atoms with van der Waals surface area (Å²) in [5.74, 6) is 0.759. The lowest BCUT2D eigenvalue weighted by atomic mass is 10.0. The summed E-state index contributed by atoms with van der Waals surface area (Å²) in [6.45, 7) is 5.10. The highest BCUT2D eigenvalue weighted by Gasteiger charge is 2.29. The first kappa shape index (κ1) is 16.8. The molecule has 1 fully saturated rings. The van der Waals surface area contributed by atoms with Gasteiger partial charge in [0, 0.05) is 19.3 Å². The SMILES string of the molecule is C/C=C\C=C/c1cn2c(N3CCOCC3)c3c(c(C(N)=O)c2n1)CCC3. The van der Waals surface area contributed by atoms with Gasteiger partial charge < -0.3 is 15.4 Å². The molecule has 3 heterocycles. The lowest BCUT2D eigenvalue weighted by Gasteiger charge is -2.31. The van der Waals surface area contributed by atoms with E-state index in [1.165, 1.54) is 5.56 Å². The minimum absolute atomic E-state index is 0.392. The molecule has 0 atom stereocenters. The molecule has 6 nitrogen and oxygen atoms in total. The van der Waals surface area contributed by atoms with Crippen molar-refractivity contribution in [3.63, 3.8) is 0 Å². The van der Waals surface area contributed by atoms with Crippen LogP contribution in [0.3, 0.4) is 0 Å². The normalized spacial score (nSPS) is 17.7. The van der Waals surface area contributed by atoms with Crippen molar-refractivity contribution >= 4 is 23.4 Å². The van der Waals surface area contributed by atoms with Crippen molar-refractivity contribution in [2.24, 2.45) is 5.73 Å². The molecule has 136 valence electrons. The fourth-order valence-electron chi connectivity index (χ4n) is 4.01. The Morgan fingerprint density at radius 2 is 2.00 bits per heavy atom. The highest BCUT2D eigenvalue weighted by molar-refractivity contribution is 6.01. The summed E-state index contributed by atoms with van der Waals surface area (Å²) in [6.07, 6.45) is 12.7. The Labute approximate surface area is 152 Å². The zero-order chi connectivity index (χ0) is 18.1. The summed E-state index contributed by atoms with van der Waals surface area (Å²) >= 11 is 0. The summed E-state index contributed by atoms with van der Waals surface area (Å²) in [6, 6.07) is 0. The van der Waals surface area contributed by atoms with E-state index in [0.717, 1.165) is 62.6 Å². The van der Waals surface area contributed by atoms with E-state index in [4.69, 9.17) is 15.5 Å². The number of rotatable bonds is 4. The van der Waals surface area contributed by atoms with Gasteiger partial charge in [0.2, 0.25) is 0 Å². The van der Waals surface area contributed by atoms with Gasteiger partial charge in [0.05, 0.1) is 24.5 Å². The molecule has 0 spiro atoms. The highest BCUT2D eigenvalue weighted by Crippen LogP contribution is 2.36. The number of allylic oxidation sites excluding steroid dienone is 3. The molecule has 2 aromatic heterocycles. The van der Waals surface area contributed by atoms with Crippen molar-refractivity contribution in [1.29, 1.82) is 0 Å². The number of primary amides is 1. The maximum Gasteiger partial charge on any atom is 0.252 e. The van der Waals surface area contributed by atoms with Crippen LogP contribution in [0.4, 0.5) is 5.82 Å². The van der Waals surface area contributed by atoms with Crippen LogP contribution in [-0.2, 0) is 17.6 Å². The van der Waals surface area contributed by atoms with Crippen LogP contribution in [0, 0.1) is 0 Å². The quantitative estimate of drug-likeness (QED) is 0.858. The van der Waals surface area contributed by atoms with Gasteiger partial charge in [-0.3, -0.25) is 9.20 Å². The van der Waals surface area contributed by atoms with Crippen molar-refractivity contribution in [2.45, 2.75) is 26.2 Å². The number of imidazole rings is 1. The number of amides is 1. The van der Waals surface area contributed by atoms with Crippen LogP contribution in [0.2, 0.25) is 0 Å². The number of nitrogens with two attached hydrogens (primary N) is 1. The Kier molecular flexibility index (Phi) is 4.51. The zero-order valence-electron chi connectivity index (χ0n) is 15.1. The monoisotopic (exact) mass is 352 g/mol. The molecule has 1 aliphatic carbocycles. The first-order valence-corrected chi connectivity index (χ1v) is 9.19. The number of aromatic nitrogens is 2. The number of anilines is 1.